The largest absolute Gasteiger partial charge is 0.452 e. The second kappa shape index (κ2) is 9.16. The van der Waals surface area contributed by atoms with E-state index in [2.05, 4.69) is 51.0 Å². The lowest BCUT2D eigenvalue weighted by Gasteiger charge is -2.05. The van der Waals surface area contributed by atoms with Crippen molar-refractivity contribution in [2.45, 2.75) is 52.5 Å². The second-order valence-electron chi connectivity index (χ2n) is 5.11. The third-order valence-corrected chi connectivity index (χ3v) is 4.59. The molecule has 18 heavy (non-hydrogen) atoms. The molecule has 4 heteroatoms. The smallest absolute Gasteiger partial charge is 0.183 e. The minimum absolute atomic E-state index is 0.771. The molecule has 1 N–H and O–H groups in total. The molecule has 0 aliphatic heterocycles. The average Bonchev–Trinajstić information content (AvgIpc) is 2.62. The number of hydrogen-bond donors (Lipinski definition) is 1. The highest BCUT2D eigenvalue weighted by Gasteiger charge is 2.04. The lowest BCUT2D eigenvalue weighted by atomic mass is 10.0. The summed E-state index contributed by atoms with van der Waals surface area (Å²) >= 11 is 6.75. The molecule has 0 atom stereocenters. The standard InChI is InChI=1S/C14H23Br2NO/c1-11(2)7-5-3-4-6-8-17-10-12-9-13(15)14(16)18-12/h9,11,17H,3-8,10H2,1-2H3. The molecule has 1 heterocycles. The average molecular weight is 381 g/mol. The van der Waals surface area contributed by atoms with Crippen molar-refractivity contribution >= 4 is 31.9 Å². The summed E-state index contributed by atoms with van der Waals surface area (Å²) in [5.74, 6) is 1.81. The molecule has 0 saturated carbocycles. The predicted molar refractivity (Wildman–Crippen MR) is 83.7 cm³/mol. The van der Waals surface area contributed by atoms with Crippen LogP contribution in [0, 0.1) is 5.92 Å². The van der Waals surface area contributed by atoms with Crippen molar-refractivity contribution < 1.29 is 4.42 Å². The van der Waals surface area contributed by atoms with E-state index in [9.17, 15) is 0 Å². The Bertz CT molecular complexity index is 317. The van der Waals surface area contributed by atoms with E-state index in [-0.39, 0.29) is 0 Å². The van der Waals surface area contributed by atoms with Crippen LogP contribution in [-0.2, 0) is 6.54 Å². The number of furan rings is 1. The Balaban J connectivity index is 1.96. The highest BCUT2D eigenvalue weighted by Crippen LogP contribution is 2.26. The molecular formula is C14H23Br2NO. The SMILES string of the molecule is CC(C)CCCCCCNCc1cc(Br)c(Br)o1. The Morgan fingerprint density at radius 2 is 1.89 bits per heavy atom. The summed E-state index contributed by atoms with van der Waals surface area (Å²) in [7, 11) is 0. The van der Waals surface area contributed by atoms with Crippen LogP contribution < -0.4 is 5.32 Å². The normalized spacial score (nSPS) is 11.4. The predicted octanol–water partition coefficient (Wildman–Crippen LogP) is 5.50. The maximum absolute atomic E-state index is 5.49. The van der Waals surface area contributed by atoms with Crippen LogP contribution in [0.15, 0.2) is 19.6 Å². The minimum Gasteiger partial charge on any atom is -0.452 e. The van der Waals surface area contributed by atoms with E-state index in [1.807, 2.05) is 6.07 Å². The van der Waals surface area contributed by atoms with Crippen LogP contribution in [-0.4, -0.2) is 6.54 Å². The monoisotopic (exact) mass is 379 g/mol. The summed E-state index contributed by atoms with van der Waals surface area (Å²) in [4.78, 5) is 0. The molecule has 0 saturated heterocycles. The summed E-state index contributed by atoms with van der Waals surface area (Å²) in [6.45, 7) is 6.45. The van der Waals surface area contributed by atoms with Crippen LogP contribution in [0.3, 0.4) is 0 Å². The zero-order valence-corrected chi connectivity index (χ0v) is 14.4. The number of unbranched alkanes of at least 4 members (excludes halogenated alkanes) is 3. The maximum Gasteiger partial charge on any atom is 0.183 e. The molecule has 0 fully saturated rings. The zero-order valence-electron chi connectivity index (χ0n) is 11.3. The molecule has 0 aliphatic carbocycles. The fraction of sp³-hybridized carbons (Fsp3) is 0.714. The summed E-state index contributed by atoms with van der Waals surface area (Å²) < 4.78 is 7.24. The Kier molecular flexibility index (Phi) is 8.27. The van der Waals surface area contributed by atoms with Gasteiger partial charge in [-0.3, -0.25) is 0 Å². The lowest BCUT2D eigenvalue weighted by molar-refractivity contribution is 0.458. The molecule has 1 aromatic rings. The fourth-order valence-corrected chi connectivity index (χ4v) is 2.50. The quantitative estimate of drug-likeness (QED) is 0.572. The summed E-state index contributed by atoms with van der Waals surface area (Å²) in [5.41, 5.74) is 0. The van der Waals surface area contributed by atoms with Gasteiger partial charge < -0.3 is 9.73 Å². The van der Waals surface area contributed by atoms with Crippen LogP contribution in [0.1, 0.15) is 51.7 Å². The van der Waals surface area contributed by atoms with E-state index >= 15 is 0 Å². The van der Waals surface area contributed by atoms with E-state index in [4.69, 9.17) is 4.42 Å². The van der Waals surface area contributed by atoms with Gasteiger partial charge in [0.25, 0.3) is 0 Å². The Morgan fingerprint density at radius 3 is 2.50 bits per heavy atom. The molecule has 0 aromatic carbocycles. The Labute approximate surface area is 127 Å². The molecule has 0 spiro atoms. The van der Waals surface area contributed by atoms with Crippen LogP contribution >= 0.6 is 31.9 Å². The van der Waals surface area contributed by atoms with Crippen molar-refractivity contribution in [3.05, 3.63) is 21.0 Å². The molecule has 104 valence electrons. The van der Waals surface area contributed by atoms with Crippen molar-refractivity contribution in [3.8, 4) is 0 Å². The van der Waals surface area contributed by atoms with E-state index < -0.39 is 0 Å². The first-order chi connectivity index (χ1) is 8.59. The van der Waals surface area contributed by atoms with E-state index in [1.54, 1.807) is 0 Å². The van der Waals surface area contributed by atoms with Gasteiger partial charge in [-0.15, -0.1) is 0 Å². The van der Waals surface area contributed by atoms with Gasteiger partial charge in [0.05, 0.1) is 11.0 Å². The van der Waals surface area contributed by atoms with Crippen LogP contribution in [0.2, 0.25) is 0 Å². The van der Waals surface area contributed by atoms with Gasteiger partial charge in [-0.1, -0.05) is 39.5 Å². The molecule has 0 unspecified atom stereocenters. The van der Waals surface area contributed by atoms with Crippen molar-refractivity contribution in [2.75, 3.05) is 6.54 Å². The van der Waals surface area contributed by atoms with Gasteiger partial charge in [0, 0.05) is 0 Å². The highest BCUT2D eigenvalue weighted by molar-refractivity contribution is 9.13. The highest BCUT2D eigenvalue weighted by atomic mass is 79.9. The number of rotatable bonds is 9. The first-order valence-electron chi connectivity index (χ1n) is 6.74. The number of halogens is 2. The van der Waals surface area contributed by atoms with Crippen LogP contribution in [0.5, 0.6) is 0 Å². The molecule has 0 aliphatic rings. The topological polar surface area (TPSA) is 25.2 Å². The lowest BCUT2D eigenvalue weighted by Crippen LogP contribution is -2.14. The summed E-state index contributed by atoms with van der Waals surface area (Å²) in [5, 5.41) is 3.41. The van der Waals surface area contributed by atoms with E-state index in [0.29, 0.717) is 0 Å². The molecule has 0 bridgehead atoms. The first-order valence-corrected chi connectivity index (χ1v) is 8.32. The van der Waals surface area contributed by atoms with Crippen molar-refractivity contribution in [1.29, 1.82) is 0 Å². The van der Waals surface area contributed by atoms with Gasteiger partial charge >= 0.3 is 0 Å². The van der Waals surface area contributed by atoms with Crippen LogP contribution in [0.25, 0.3) is 0 Å². The first kappa shape index (κ1) is 16.3. The number of nitrogens with one attached hydrogen (secondary N) is 1. The summed E-state index contributed by atoms with van der Waals surface area (Å²) in [6.07, 6.45) is 6.67. The maximum atomic E-state index is 5.49. The Hall–Kier alpha value is 0.200. The van der Waals surface area contributed by atoms with Gasteiger partial charge in [0.2, 0.25) is 0 Å². The van der Waals surface area contributed by atoms with Gasteiger partial charge in [0.1, 0.15) is 5.76 Å². The molecule has 0 radical (unpaired) electrons. The minimum atomic E-state index is 0.771. The summed E-state index contributed by atoms with van der Waals surface area (Å²) in [6, 6.07) is 2.00. The molecule has 2 nitrogen and oxygen atoms in total. The van der Waals surface area contributed by atoms with E-state index in [1.165, 1.54) is 32.1 Å². The van der Waals surface area contributed by atoms with Gasteiger partial charge in [-0.2, -0.15) is 0 Å². The Morgan fingerprint density at radius 1 is 1.17 bits per heavy atom. The fourth-order valence-electron chi connectivity index (χ4n) is 1.85. The molecule has 1 aromatic heterocycles. The third-order valence-electron chi connectivity index (χ3n) is 2.88. The van der Waals surface area contributed by atoms with Crippen molar-refractivity contribution in [1.82, 2.24) is 5.32 Å². The number of hydrogen-bond acceptors (Lipinski definition) is 2. The molecule has 0 amide bonds. The second-order valence-corrected chi connectivity index (χ2v) is 6.68. The van der Waals surface area contributed by atoms with Crippen LogP contribution in [0.4, 0.5) is 0 Å². The van der Waals surface area contributed by atoms with Crippen molar-refractivity contribution in [3.63, 3.8) is 0 Å². The van der Waals surface area contributed by atoms with Gasteiger partial charge in [-0.25, -0.2) is 0 Å². The molecular weight excluding hydrogens is 358 g/mol. The zero-order chi connectivity index (χ0) is 13.4. The van der Waals surface area contributed by atoms with Crippen molar-refractivity contribution in [2.24, 2.45) is 5.92 Å². The van der Waals surface area contributed by atoms with E-state index in [0.717, 1.165) is 33.9 Å². The van der Waals surface area contributed by atoms with Gasteiger partial charge in [0.15, 0.2) is 4.67 Å². The third kappa shape index (κ3) is 6.95. The van der Waals surface area contributed by atoms with Gasteiger partial charge in [-0.05, 0) is 56.8 Å². The molecule has 1 rings (SSSR count).